The molecule has 0 saturated carbocycles. The Labute approximate surface area is 127 Å². The van der Waals surface area contributed by atoms with Crippen molar-refractivity contribution in [2.45, 2.75) is 13.5 Å². The van der Waals surface area contributed by atoms with Gasteiger partial charge in [-0.25, -0.2) is 4.79 Å². The molecule has 1 aromatic carbocycles. The first-order valence-electron chi connectivity index (χ1n) is 6.64. The van der Waals surface area contributed by atoms with Crippen molar-refractivity contribution in [3.8, 4) is 11.1 Å². The zero-order valence-electron chi connectivity index (χ0n) is 12.3. The van der Waals surface area contributed by atoms with Crippen LogP contribution in [0.4, 0.5) is 0 Å². The number of hydrogen-bond donors (Lipinski definition) is 1. The van der Waals surface area contributed by atoms with Gasteiger partial charge in [-0.15, -0.1) is 0 Å². The quantitative estimate of drug-likeness (QED) is 0.875. The number of nitrogens with zero attached hydrogens (tertiary/aromatic N) is 2. The maximum atomic E-state index is 12.5. The summed E-state index contributed by atoms with van der Waals surface area (Å²) in [6, 6.07) is 7.46. The Hall–Kier alpha value is -1.85. The Morgan fingerprint density at radius 3 is 2.38 bits per heavy atom. The van der Waals surface area contributed by atoms with Crippen LogP contribution < -0.4 is 11.2 Å². The average molecular weight is 308 g/mol. The monoisotopic (exact) mass is 307 g/mol. The summed E-state index contributed by atoms with van der Waals surface area (Å²) in [7, 11) is 3.77. The van der Waals surface area contributed by atoms with Gasteiger partial charge < -0.3 is 4.90 Å². The molecule has 6 heteroatoms. The summed E-state index contributed by atoms with van der Waals surface area (Å²) in [4.78, 5) is 28.9. The Kier molecular flexibility index (Phi) is 4.65. The van der Waals surface area contributed by atoms with Crippen molar-refractivity contribution >= 4 is 11.6 Å². The second-order valence-electron chi connectivity index (χ2n) is 5.25. The number of halogens is 1. The highest BCUT2D eigenvalue weighted by Crippen LogP contribution is 2.21. The van der Waals surface area contributed by atoms with Crippen molar-refractivity contribution < 1.29 is 0 Å². The first-order valence-corrected chi connectivity index (χ1v) is 7.02. The predicted octanol–water partition coefficient (Wildman–Crippen LogP) is 1.73. The van der Waals surface area contributed by atoms with E-state index in [2.05, 4.69) is 4.98 Å². The molecule has 0 bridgehead atoms. The van der Waals surface area contributed by atoms with E-state index in [0.717, 1.165) is 5.56 Å². The van der Waals surface area contributed by atoms with Crippen LogP contribution in [0, 0.1) is 6.92 Å². The minimum atomic E-state index is -0.484. The van der Waals surface area contributed by atoms with E-state index < -0.39 is 5.69 Å². The maximum absolute atomic E-state index is 12.5. The summed E-state index contributed by atoms with van der Waals surface area (Å²) < 4.78 is 1.18. The normalized spacial score (nSPS) is 11.1. The van der Waals surface area contributed by atoms with Crippen LogP contribution in [-0.4, -0.2) is 35.1 Å². The van der Waals surface area contributed by atoms with E-state index >= 15 is 0 Å². The van der Waals surface area contributed by atoms with Gasteiger partial charge >= 0.3 is 5.69 Å². The molecule has 1 aromatic heterocycles. The molecule has 0 amide bonds. The van der Waals surface area contributed by atoms with Crippen LogP contribution in [0.5, 0.6) is 0 Å². The molecule has 1 heterocycles. The fourth-order valence-electron chi connectivity index (χ4n) is 2.02. The number of H-pyrrole nitrogens is 1. The molecule has 5 nitrogen and oxygen atoms in total. The van der Waals surface area contributed by atoms with Crippen LogP contribution in [0.3, 0.4) is 0 Å². The summed E-state index contributed by atoms with van der Waals surface area (Å²) in [5, 5.41) is 0.0787. The van der Waals surface area contributed by atoms with E-state index in [0.29, 0.717) is 24.2 Å². The fraction of sp³-hybridized carbons (Fsp3) is 0.333. The van der Waals surface area contributed by atoms with E-state index in [1.165, 1.54) is 4.57 Å². The summed E-state index contributed by atoms with van der Waals surface area (Å²) >= 11 is 6.06. The number of benzene rings is 1. The molecule has 0 atom stereocenters. The van der Waals surface area contributed by atoms with Gasteiger partial charge in [0.15, 0.2) is 0 Å². The Bertz CT molecular complexity index is 745. The van der Waals surface area contributed by atoms with Gasteiger partial charge in [0.25, 0.3) is 5.56 Å². The Morgan fingerprint density at radius 2 is 1.81 bits per heavy atom. The van der Waals surface area contributed by atoms with Crippen LogP contribution in [-0.2, 0) is 6.54 Å². The molecule has 0 radical (unpaired) electrons. The molecule has 0 saturated heterocycles. The lowest BCUT2D eigenvalue weighted by Gasteiger charge is -2.12. The van der Waals surface area contributed by atoms with Crippen molar-refractivity contribution in [3.05, 3.63) is 55.8 Å². The third-order valence-electron chi connectivity index (χ3n) is 3.25. The van der Waals surface area contributed by atoms with Crippen LogP contribution in [0.15, 0.2) is 33.9 Å². The smallest absolute Gasteiger partial charge is 0.308 e. The molecule has 2 aromatic rings. The van der Waals surface area contributed by atoms with Crippen LogP contribution in [0.1, 0.15) is 5.56 Å². The topological polar surface area (TPSA) is 58.1 Å². The highest BCUT2D eigenvalue weighted by molar-refractivity contribution is 6.32. The SMILES string of the molecule is Cc1ccc(-c2c(Cl)[nH]c(=O)n(CCN(C)C)c2=O)cc1. The highest BCUT2D eigenvalue weighted by Gasteiger charge is 2.14. The third-order valence-corrected chi connectivity index (χ3v) is 3.53. The van der Waals surface area contributed by atoms with Crippen molar-refractivity contribution in [3.63, 3.8) is 0 Å². The molecule has 2 rings (SSSR count). The minimum Gasteiger partial charge on any atom is -0.308 e. The van der Waals surface area contributed by atoms with Gasteiger partial charge in [0, 0.05) is 13.1 Å². The first-order chi connectivity index (χ1) is 9.90. The Balaban J connectivity index is 2.56. The largest absolute Gasteiger partial charge is 0.329 e. The molecular formula is C15H18ClN3O2. The van der Waals surface area contributed by atoms with Crippen LogP contribution in [0.25, 0.3) is 11.1 Å². The number of aromatic nitrogens is 2. The van der Waals surface area contributed by atoms with Gasteiger partial charge in [0.05, 0.1) is 5.56 Å². The maximum Gasteiger partial charge on any atom is 0.329 e. The van der Waals surface area contributed by atoms with E-state index in [1.54, 1.807) is 0 Å². The fourth-order valence-corrected chi connectivity index (χ4v) is 2.29. The first kappa shape index (κ1) is 15.5. The number of nitrogens with one attached hydrogen (secondary N) is 1. The van der Waals surface area contributed by atoms with Crippen molar-refractivity contribution in [1.82, 2.24) is 14.5 Å². The average Bonchev–Trinajstić information content (AvgIpc) is 2.40. The molecule has 0 aliphatic heterocycles. The third kappa shape index (κ3) is 3.43. The summed E-state index contributed by atoms with van der Waals surface area (Å²) in [6.07, 6.45) is 0. The number of rotatable bonds is 4. The molecule has 0 aliphatic carbocycles. The number of aromatic amines is 1. The minimum absolute atomic E-state index is 0.0787. The van der Waals surface area contributed by atoms with Gasteiger partial charge in [-0.3, -0.25) is 14.3 Å². The van der Waals surface area contributed by atoms with Gasteiger partial charge in [0.1, 0.15) is 5.15 Å². The highest BCUT2D eigenvalue weighted by atomic mass is 35.5. The molecule has 0 aliphatic rings. The van der Waals surface area contributed by atoms with Gasteiger partial charge in [-0.2, -0.15) is 0 Å². The zero-order chi connectivity index (χ0) is 15.6. The van der Waals surface area contributed by atoms with E-state index in [1.807, 2.05) is 50.2 Å². The van der Waals surface area contributed by atoms with Gasteiger partial charge in [0.2, 0.25) is 0 Å². The predicted molar refractivity (Wildman–Crippen MR) is 85.1 cm³/mol. The van der Waals surface area contributed by atoms with E-state index in [-0.39, 0.29) is 10.7 Å². The van der Waals surface area contributed by atoms with Crippen LogP contribution >= 0.6 is 11.6 Å². The number of hydrogen-bond acceptors (Lipinski definition) is 3. The number of aryl methyl sites for hydroxylation is 1. The zero-order valence-corrected chi connectivity index (χ0v) is 13.1. The molecule has 112 valence electrons. The number of likely N-dealkylation sites (N-methyl/N-ethyl adjacent to an activating group) is 1. The van der Waals surface area contributed by atoms with Crippen molar-refractivity contribution in [1.29, 1.82) is 0 Å². The second kappa shape index (κ2) is 6.28. The van der Waals surface area contributed by atoms with Crippen LogP contribution in [0.2, 0.25) is 5.15 Å². The van der Waals surface area contributed by atoms with E-state index in [9.17, 15) is 9.59 Å². The molecule has 0 fully saturated rings. The van der Waals surface area contributed by atoms with Gasteiger partial charge in [-0.1, -0.05) is 41.4 Å². The Morgan fingerprint density at radius 1 is 1.19 bits per heavy atom. The molecule has 1 N–H and O–H groups in total. The lowest BCUT2D eigenvalue weighted by atomic mass is 10.1. The van der Waals surface area contributed by atoms with Gasteiger partial charge in [-0.05, 0) is 26.6 Å². The van der Waals surface area contributed by atoms with E-state index in [4.69, 9.17) is 11.6 Å². The summed E-state index contributed by atoms with van der Waals surface area (Å²) in [6.45, 7) is 2.88. The summed E-state index contributed by atoms with van der Waals surface area (Å²) in [5.74, 6) is 0. The molecule has 0 unspecified atom stereocenters. The standard InChI is InChI=1S/C15H18ClN3O2/c1-10-4-6-11(7-5-10)12-13(16)17-15(21)19(14(12)20)9-8-18(2)3/h4-7H,8-9H2,1-3H3,(H,17,21). The molecule has 0 spiro atoms. The lowest BCUT2D eigenvalue weighted by molar-refractivity contribution is 0.376. The summed E-state index contributed by atoms with van der Waals surface area (Å²) in [5.41, 5.74) is 1.27. The van der Waals surface area contributed by atoms with Crippen molar-refractivity contribution in [2.75, 3.05) is 20.6 Å². The lowest BCUT2D eigenvalue weighted by Crippen LogP contribution is -2.38. The second-order valence-corrected chi connectivity index (χ2v) is 5.62. The molecule has 21 heavy (non-hydrogen) atoms. The molecular weight excluding hydrogens is 290 g/mol. The van der Waals surface area contributed by atoms with Crippen molar-refractivity contribution in [2.24, 2.45) is 0 Å².